The molecule has 0 aliphatic carbocycles. The predicted molar refractivity (Wildman–Crippen MR) is 82.7 cm³/mol. The molecule has 0 heterocycles. The lowest BCUT2D eigenvalue weighted by Crippen LogP contribution is -2.24. The van der Waals surface area contributed by atoms with Crippen LogP contribution in [-0.2, 0) is 17.4 Å². The largest absolute Gasteiger partial charge is 0.481 e. The first-order valence-electron chi connectivity index (χ1n) is 7.01. The van der Waals surface area contributed by atoms with E-state index < -0.39 is 29.7 Å². The highest BCUT2D eigenvalue weighted by Gasteiger charge is 2.31. The molecule has 0 amide bonds. The first-order chi connectivity index (χ1) is 11.2. The number of aliphatic hydroxyl groups excluding tert-OH is 1. The third kappa shape index (κ3) is 4.49. The minimum Gasteiger partial charge on any atom is -0.481 e. The van der Waals surface area contributed by atoms with Gasteiger partial charge in [0, 0.05) is 5.02 Å². The molecule has 2 unspecified atom stereocenters. The van der Waals surface area contributed by atoms with Crippen molar-refractivity contribution in [3.05, 3.63) is 70.2 Å². The first-order valence-corrected chi connectivity index (χ1v) is 7.39. The number of hydrogen-bond donors (Lipinski definition) is 2. The molecule has 7 heteroatoms. The molecule has 0 aliphatic heterocycles. The van der Waals surface area contributed by atoms with Crippen LogP contribution in [0.4, 0.5) is 13.2 Å². The molecule has 0 saturated carbocycles. The smallest absolute Gasteiger partial charge is 0.416 e. The molecule has 2 aromatic carbocycles. The zero-order valence-electron chi connectivity index (χ0n) is 12.3. The molecule has 3 nitrogen and oxygen atoms in total. The fourth-order valence-corrected chi connectivity index (χ4v) is 2.44. The van der Waals surface area contributed by atoms with E-state index in [0.29, 0.717) is 16.1 Å². The Bertz CT molecular complexity index is 697. The third-order valence-electron chi connectivity index (χ3n) is 3.65. The Hall–Kier alpha value is -2.05. The summed E-state index contributed by atoms with van der Waals surface area (Å²) in [5.41, 5.74) is -0.0431. The topological polar surface area (TPSA) is 57.5 Å². The summed E-state index contributed by atoms with van der Waals surface area (Å²) in [7, 11) is 0. The number of carbonyl (C=O) groups is 1. The third-order valence-corrected chi connectivity index (χ3v) is 3.90. The molecule has 2 atom stereocenters. The average molecular weight is 359 g/mol. The summed E-state index contributed by atoms with van der Waals surface area (Å²) in [5, 5.41) is 20.1. The van der Waals surface area contributed by atoms with Gasteiger partial charge in [0.2, 0.25) is 0 Å². The highest BCUT2D eigenvalue weighted by atomic mass is 35.5. The van der Waals surface area contributed by atoms with Crippen LogP contribution in [0.15, 0.2) is 48.5 Å². The van der Waals surface area contributed by atoms with Crippen molar-refractivity contribution in [2.75, 3.05) is 0 Å². The van der Waals surface area contributed by atoms with Gasteiger partial charge in [-0.25, -0.2) is 0 Å². The molecule has 24 heavy (non-hydrogen) atoms. The summed E-state index contributed by atoms with van der Waals surface area (Å²) >= 11 is 5.75. The molecule has 0 aliphatic rings. The second-order valence-electron chi connectivity index (χ2n) is 5.34. The van der Waals surface area contributed by atoms with E-state index in [1.165, 1.54) is 36.4 Å². The molecule has 0 bridgehead atoms. The molecule has 2 aromatic rings. The van der Waals surface area contributed by atoms with Gasteiger partial charge in [-0.3, -0.25) is 4.79 Å². The van der Waals surface area contributed by atoms with Gasteiger partial charge in [0.15, 0.2) is 0 Å². The lowest BCUT2D eigenvalue weighted by Gasteiger charge is -2.20. The Morgan fingerprint density at radius 3 is 2.04 bits per heavy atom. The zero-order valence-corrected chi connectivity index (χ0v) is 13.1. The number of aliphatic hydroxyl groups is 1. The standard InChI is InChI=1S/C17H14ClF3O3/c18-13-7-3-11(4-8-13)15(22)14(16(23)24)9-10-1-5-12(6-2-10)17(19,20)21/h1-8,14-15,22H,9H2,(H,23,24). The predicted octanol–water partition coefficient (Wildman–Crippen LogP) is 4.34. The lowest BCUT2D eigenvalue weighted by molar-refractivity contribution is -0.146. The summed E-state index contributed by atoms with van der Waals surface area (Å²) < 4.78 is 37.6. The van der Waals surface area contributed by atoms with Crippen LogP contribution in [0.5, 0.6) is 0 Å². The SMILES string of the molecule is O=C(O)C(Cc1ccc(C(F)(F)F)cc1)C(O)c1ccc(Cl)cc1. The number of rotatable bonds is 5. The molecular weight excluding hydrogens is 345 g/mol. The summed E-state index contributed by atoms with van der Waals surface area (Å²) in [6.45, 7) is 0. The Kier molecular flexibility index (Phi) is 5.51. The van der Waals surface area contributed by atoms with Crippen molar-refractivity contribution in [1.82, 2.24) is 0 Å². The van der Waals surface area contributed by atoms with Crippen LogP contribution in [0.25, 0.3) is 0 Å². The van der Waals surface area contributed by atoms with Crippen molar-refractivity contribution >= 4 is 17.6 Å². The van der Waals surface area contributed by atoms with E-state index in [-0.39, 0.29) is 6.42 Å². The Labute approximate surface area is 141 Å². The van der Waals surface area contributed by atoms with Crippen molar-refractivity contribution in [3.63, 3.8) is 0 Å². The van der Waals surface area contributed by atoms with E-state index in [1.54, 1.807) is 0 Å². The minimum absolute atomic E-state index is 0.0999. The van der Waals surface area contributed by atoms with Crippen LogP contribution in [0.2, 0.25) is 5.02 Å². The van der Waals surface area contributed by atoms with Gasteiger partial charge >= 0.3 is 12.1 Å². The van der Waals surface area contributed by atoms with Crippen LogP contribution in [0.1, 0.15) is 22.8 Å². The molecular formula is C17H14ClF3O3. The van der Waals surface area contributed by atoms with Crippen molar-refractivity contribution < 1.29 is 28.2 Å². The van der Waals surface area contributed by atoms with Gasteiger partial charge in [0.1, 0.15) is 0 Å². The van der Waals surface area contributed by atoms with Crippen molar-refractivity contribution in [3.8, 4) is 0 Å². The van der Waals surface area contributed by atoms with E-state index in [2.05, 4.69) is 0 Å². The van der Waals surface area contributed by atoms with Crippen LogP contribution >= 0.6 is 11.6 Å². The zero-order chi connectivity index (χ0) is 17.9. The lowest BCUT2D eigenvalue weighted by atomic mass is 9.89. The van der Waals surface area contributed by atoms with Gasteiger partial charge in [-0.05, 0) is 41.8 Å². The van der Waals surface area contributed by atoms with E-state index in [0.717, 1.165) is 12.1 Å². The number of aliphatic carboxylic acids is 1. The van der Waals surface area contributed by atoms with Crippen LogP contribution < -0.4 is 0 Å². The van der Waals surface area contributed by atoms with Crippen LogP contribution in [0.3, 0.4) is 0 Å². The second-order valence-corrected chi connectivity index (χ2v) is 5.78. The Morgan fingerprint density at radius 2 is 1.58 bits per heavy atom. The molecule has 2 N–H and O–H groups in total. The normalized spacial score (nSPS) is 14.2. The summed E-state index contributed by atoms with van der Waals surface area (Å²) in [5.74, 6) is -2.43. The van der Waals surface area contributed by atoms with Crippen LogP contribution in [0, 0.1) is 5.92 Å². The highest BCUT2D eigenvalue weighted by molar-refractivity contribution is 6.30. The number of hydrogen-bond acceptors (Lipinski definition) is 2. The van der Waals surface area contributed by atoms with Crippen molar-refractivity contribution in [1.29, 1.82) is 0 Å². The fraction of sp³-hybridized carbons (Fsp3) is 0.235. The van der Waals surface area contributed by atoms with E-state index in [9.17, 15) is 28.2 Å². The average Bonchev–Trinajstić information content (AvgIpc) is 2.52. The quantitative estimate of drug-likeness (QED) is 0.836. The number of carboxylic acid groups (broad SMARTS) is 1. The molecule has 0 fully saturated rings. The van der Waals surface area contributed by atoms with Gasteiger partial charge in [0.25, 0.3) is 0 Å². The summed E-state index contributed by atoms with van der Waals surface area (Å²) in [6.07, 6.45) is -5.85. The highest BCUT2D eigenvalue weighted by Crippen LogP contribution is 2.31. The van der Waals surface area contributed by atoms with E-state index in [1.807, 2.05) is 0 Å². The molecule has 0 saturated heterocycles. The van der Waals surface area contributed by atoms with Gasteiger partial charge < -0.3 is 10.2 Å². The first kappa shape index (κ1) is 18.3. The molecule has 2 rings (SSSR count). The Balaban J connectivity index is 2.19. The van der Waals surface area contributed by atoms with Gasteiger partial charge in [-0.2, -0.15) is 13.2 Å². The maximum atomic E-state index is 12.5. The van der Waals surface area contributed by atoms with Crippen LogP contribution in [-0.4, -0.2) is 16.2 Å². The molecule has 0 spiro atoms. The molecule has 128 valence electrons. The number of carboxylic acids is 1. The van der Waals surface area contributed by atoms with Crippen molar-refractivity contribution in [2.24, 2.45) is 5.92 Å². The van der Waals surface area contributed by atoms with E-state index >= 15 is 0 Å². The van der Waals surface area contributed by atoms with Gasteiger partial charge in [0.05, 0.1) is 17.6 Å². The van der Waals surface area contributed by atoms with Gasteiger partial charge in [-0.1, -0.05) is 35.9 Å². The number of alkyl halides is 3. The monoisotopic (exact) mass is 358 g/mol. The summed E-state index contributed by atoms with van der Waals surface area (Å²) in [4.78, 5) is 11.4. The number of benzene rings is 2. The maximum Gasteiger partial charge on any atom is 0.416 e. The second kappa shape index (κ2) is 7.23. The fourth-order valence-electron chi connectivity index (χ4n) is 2.31. The molecule has 0 aromatic heterocycles. The Morgan fingerprint density at radius 1 is 1.04 bits per heavy atom. The van der Waals surface area contributed by atoms with E-state index in [4.69, 9.17) is 11.6 Å². The van der Waals surface area contributed by atoms with Crippen molar-refractivity contribution in [2.45, 2.75) is 18.7 Å². The van der Waals surface area contributed by atoms with Gasteiger partial charge in [-0.15, -0.1) is 0 Å². The molecule has 0 radical (unpaired) electrons. The number of halogens is 4. The summed E-state index contributed by atoms with van der Waals surface area (Å²) in [6, 6.07) is 10.3. The maximum absolute atomic E-state index is 12.5. The minimum atomic E-state index is -4.45.